The van der Waals surface area contributed by atoms with E-state index in [9.17, 15) is 14.7 Å². The average Bonchev–Trinajstić information content (AvgIpc) is 2.56. The number of fused-ring (bicyclic) bond motifs is 1. The molecule has 0 fully saturated rings. The Hall–Kier alpha value is -2.62. The number of aliphatic carboxylic acids is 1. The van der Waals surface area contributed by atoms with Crippen LogP contribution in [0.3, 0.4) is 0 Å². The van der Waals surface area contributed by atoms with Gasteiger partial charge in [-0.25, -0.2) is 4.79 Å². The standard InChI is InChI=1S/C20H21NO3/c1-13-7-8-14(2)17(9-13)11-19(22)21-12-16-6-4-3-5-15(16)10-18(21)20(23)24/h3-9,18H,10-12H2,1-2H3,(H,23,24). The Labute approximate surface area is 141 Å². The van der Waals surface area contributed by atoms with E-state index >= 15 is 0 Å². The number of nitrogens with zero attached hydrogens (tertiary/aromatic N) is 1. The minimum atomic E-state index is -0.946. The van der Waals surface area contributed by atoms with Gasteiger partial charge in [-0.1, -0.05) is 48.0 Å². The molecule has 0 saturated heterocycles. The van der Waals surface area contributed by atoms with Crippen LogP contribution < -0.4 is 0 Å². The van der Waals surface area contributed by atoms with Gasteiger partial charge in [0, 0.05) is 13.0 Å². The second-order valence-electron chi connectivity index (χ2n) is 6.46. The van der Waals surface area contributed by atoms with Crippen LogP contribution in [0.4, 0.5) is 0 Å². The van der Waals surface area contributed by atoms with E-state index in [1.165, 1.54) is 4.90 Å². The Kier molecular flexibility index (Phi) is 4.38. The Morgan fingerprint density at radius 1 is 1.12 bits per heavy atom. The van der Waals surface area contributed by atoms with Crippen LogP contribution in [0, 0.1) is 13.8 Å². The summed E-state index contributed by atoms with van der Waals surface area (Å²) in [5.74, 6) is -1.08. The molecule has 0 aliphatic carbocycles. The lowest BCUT2D eigenvalue weighted by Gasteiger charge is -2.34. The summed E-state index contributed by atoms with van der Waals surface area (Å²) in [6, 6.07) is 13.0. The van der Waals surface area contributed by atoms with Crippen LogP contribution in [-0.2, 0) is 29.0 Å². The first kappa shape index (κ1) is 16.2. The van der Waals surface area contributed by atoms with Crippen LogP contribution in [0.5, 0.6) is 0 Å². The van der Waals surface area contributed by atoms with Crippen LogP contribution in [0.2, 0.25) is 0 Å². The molecule has 1 aliphatic heterocycles. The molecule has 2 aromatic carbocycles. The molecule has 1 aliphatic rings. The first-order valence-electron chi connectivity index (χ1n) is 8.11. The molecule has 1 N–H and O–H groups in total. The Morgan fingerprint density at radius 3 is 2.54 bits per heavy atom. The molecule has 0 saturated carbocycles. The van der Waals surface area contributed by atoms with Crippen LogP contribution in [0.1, 0.15) is 27.8 Å². The molecule has 24 heavy (non-hydrogen) atoms. The van der Waals surface area contributed by atoms with Crippen molar-refractivity contribution in [2.45, 2.75) is 39.3 Å². The molecular formula is C20H21NO3. The number of rotatable bonds is 3. The first-order valence-corrected chi connectivity index (χ1v) is 8.11. The molecule has 4 nitrogen and oxygen atoms in total. The summed E-state index contributed by atoms with van der Waals surface area (Å²) in [5.41, 5.74) is 5.16. The van der Waals surface area contributed by atoms with E-state index in [0.717, 1.165) is 27.8 Å². The quantitative estimate of drug-likeness (QED) is 0.945. The number of hydrogen-bond acceptors (Lipinski definition) is 2. The normalized spacial score (nSPS) is 16.6. The molecule has 0 bridgehead atoms. The van der Waals surface area contributed by atoms with Gasteiger partial charge in [0.1, 0.15) is 6.04 Å². The van der Waals surface area contributed by atoms with Crippen molar-refractivity contribution in [2.24, 2.45) is 0 Å². The molecule has 1 atom stereocenters. The van der Waals surface area contributed by atoms with E-state index in [-0.39, 0.29) is 12.3 Å². The Morgan fingerprint density at radius 2 is 1.83 bits per heavy atom. The molecule has 1 unspecified atom stereocenters. The van der Waals surface area contributed by atoms with Crippen LogP contribution in [-0.4, -0.2) is 27.9 Å². The summed E-state index contributed by atoms with van der Waals surface area (Å²) in [6.45, 7) is 4.32. The van der Waals surface area contributed by atoms with Gasteiger partial charge in [-0.05, 0) is 36.1 Å². The lowest BCUT2D eigenvalue weighted by atomic mass is 9.93. The topological polar surface area (TPSA) is 57.6 Å². The first-order chi connectivity index (χ1) is 11.5. The number of carbonyl (C=O) groups is 2. The maximum atomic E-state index is 12.8. The SMILES string of the molecule is Cc1ccc(C)c(CC(=O)N2Cc3ccccc3CC2C(=O)O)c1. The largest absolute Gasteiger partial charge is 0.480 e. The Balaban J connectivity index is 1.87. The zero-order valence-electron chi connectivity index (χ0n) is 14.0. The minimum absolute atomic E-state index is 0.134. The zero-order chi connectivity index (χ0) is 17.3. The number of benzene rings is 2. The molecule has 2 aromatic rings. The molecule has 124 valence electrons. The Bertz CT molecular complexity index is 797. The number of carbonyl (C=O) groups excluding carboxylic acids is 1. The summed E-state index contributed by atoms with van der Waals surface area (Å²) in [6.07, 6.45) is 0.601. The van der Waals surface area contributed by atoms with Gasteiger partial charge < -0.3 is 10.0 Å². The molecule has 1 heterocycles. The monoisotopic (exact) mass is 323 g/mol. The molecule has 0 radical (unpaired) electrons. The maximum Gasteiger partial charge on any atom is 0.326 e. The minimum Gasteiger partial charge on any atom is -0.480 e. The lowest BCUT2D eigenvalue weighted by Crippen LogP contribution is -2.49. The summed E-state index contributed by atoms with van der Waals surface area (Å²) >= 11 is 0. The van der Waals surface area contributed by atoms with Crippen molar-refractivity contribution in [3.63, 3.8) is 0 Å². The molecule has 4 heteroatoms. The van der Waals surface area contributed by atoms with E-state index in [1.807, 2.05) is 56.3 Å². The number of aryl methyl sites for hydroxylation is 2. The van der Waals surface area contributed by atoms with E-state index in [2.05, 4.69) is 0 Å². The van der Waals surface area contributed by atoms with Crippen LogP contribution in [0.15, 0.2) is 42.5 Å². The maximum absolute atomic E-state index is 12.8. The second-order valence-corrected chi connectivity index (χ2v) is 6.46. The van der Waals surface area contributed by atoms with Crippen molar-refractivity contribution in [3.8, 4) is 0 Å². The highest BCUT2D eigenvalue weighted by Crippen LogP contribution is 2.25. The van der Waals surface area contributed by atoms with Crippen molar-refractivity contribution in [3.05, 3.63) is 70.3 Å². The summed E-state index contributed by atoms with van der Waals surface area (Å²) < 4.78 is 0. The lowest BCUT2D eigenvalue weighted by molar-refractivity contribution is -0.151. The van der Waals surface area contributed by atoms with Gasteiger partial charge in [0.25, 0.3) is 0 Å². The van der Waals surface area contributed by atoms with Gasteiger partial charge in [-0.3, -0.25) is 4.79 Å². The highest BCUT2D eigenvalue weighted by molar-refractivity contribution is 5.86. The van der Waals surface area contributed by atoms with Gasteiger partial charge in [0.15, 0.2) is 0 Å². The van der Waals surface area contributed by atoms with Gasteiger partial charge in [0.2, 0.25) is 5.91 Å². The van der Waals surface area contributed by atoms with Crippen LogP contribution >= 0.6 is 0 Å². The van der Waals surface area contributed by atoms with E-state index in [4.69, 9.17) is 0 Å². The third-order valence-corrected chi connectivity index (χ3v) is 4.70. The average molecular weight is 323 g/mol. The van der Waals surface area contributed by atoms with Gasteiger partial charge in [0.05, 0.1) is 6.42 Å². The predicted octanol–water partition coefficient (Wildman–Crippen LogP) is 2.88. The number of carboxylic acid groups (broad SMARTS) is 1. The smallest absolute Gasteiger partial charge is 0.326 e. The molecular weight excluding hydrogens is 302 g/mol. The highest BCUT2D eigenvalue weighted by atomic mass is 16.4. The van der Waals surface area contributed by atoms with E-state index < -0.39 is 12.0 Å². The third-order valence-electron chi connectivity index (χ3n) is 4.70. The molecule has 0 aromatic heterocycles. The summed E-state index contributed by atoms with van der Waals surface area (Å²) in [7, 11) is 0. The zero-order valence-corrected chi connectivity index (χ0v) is 14.0. The molecule has 0 spiro atoms. The van der Waals surface area contributed by atoms with Crippen molar-refractivity contribution in [1.82, 2.24) is 4.90 Å². The second kappa shape index (κ2) is 6.48. The van der Waals surface area contributed by atoms with Crippen molar-refractivity contribution in [2.75, 3.05) is 0 Å². The van der Waals surface area contributed by atoms with E-state index in [1.54, 1.807) is 0 Å². The van der Waals surface area contributed by atoms with Gasteiger partial charge in [-0.2, -0.15) is 0 Å². The summed E-state index contributed by atoms with van der Waals surface area (Å²) in [4.78, 5) is 26.0. The summed E-state index contributed by atoms with van der Waals surface area (Å²) in [5, 5.41) is 9.55. The number of hydrogen-bond donors (Lipinski definition) is 1. The van der Waals surface area contributed by atoms with Crippen molar-refractivity contribution in [1.29, 1.82) is 0 Å². The predicted molar refractivity (Wildman–Crippen MR) is 91.7 cm³/mol. The number of carboxylic acids is 1. The number of amides is 1. The fourth-order valence-corrected chi connectivity index (χ4v) is 3.26. The highest BCUT2D eigenvalue weighted by Gasteiger charge is 2.34. The van der Waals surface area contributed by atoms with Gasteiger partial charge in [-0.15, -0.1) is 0 Å². The fraction of sp³-hybridized carbons (Fsp3) is 0.300. The molecule has 3 rings (SSSR count). The van der Waals surface area contributed by atoms with Crippen LogP contribution in [0.25, 0.3) is 0 Å². The van der Waals surface area contributed by atoms with Gasteiger partial charge >= 0.3 is 5.97 Å². The van der Waals surface area contributed by atoms with E-state index in [0.29, 0.717) is 13.0 Å². The van der Waals surface area contributed by atoms with Crippen molar-refractivity contribution >= 4 is 11.9 Å². The fourth-order valence-electron chi connectivity index (χ4n) is 3.26. The molecule has 1 amide bonds. The van der Waals surface area contributed by atoms with Crippen molar-refractivity contribution < 1.29 is 14.7 Å². The third kappa shape index (κ3) is 3.18.